The Labute approximate surface area is 176 Å². The molecule has 3 aromatic heterocycles. The summed E-state index contributed by atoms with van der Waals surface area (Å²) >= 11 is 1.39. The predicted molar refractivity (Wildman–Crippen MR) is 110 cm³/mol. The van der Waals surface area contributed by atoms with E-state index in [0.717, 1.165) is 36.6 Å². The lowest BCUT2D eigenvalue weighted by Crippen LogP contribution is -2.27. The number of aromatic amines is 1. The summed E-state index contributed by atoms with van der Waals surface area (Å²) in [5, 5.41) is 2.49. The zero-order valence-corrected chi connectivity index (χ0v) is 17.0. The van der Waals surface area contributed by atoms with Gasteiger partial charge < -0.3 is 14.6 Å². The number of rotatable bonds is 7. The fourth-order valence-electron chi connectivity index (χ4n) is 3.19. The van der Waals surface area contributed by atoms with Gasteiger partial charge in [0.15, 0.2) is 6.61 Å². The molecule has 1 N–H and O–H groups in total. The van der Waals surface area contributed by atoms with Crippen molar-refractivity contribution in [1.29, 1.82) is 0 Å². The average molecular weight is 424 g/mol. The standard InChI is InChI=1S/C21H20N4O4S/c26-18(14-9-17(23-11-14)21(28)25-7-3-4-8-25)12-29-19(27)10-15-13-30-20(24-15)16-5-1-2-6-22-16/h1-2,5-6,9,11,13,23H,3-4,7-8,10,12H2. The molecule has 0 aromatic carbocycles. The average Bonchev–Trinajstić information content (AvgIpc) is 3.54. The van der Waals surface area contributed by atoms with E-state index in [1.165, 1.54) is 23.6 Å². The minimum absolute atomic E-state index is 0.0254. The van der Waals surface area contributed by atoms with Gasteiger partial charge in [-0.15, -0.1) is 11.3 Å². The van der Waals surface area contributed by atoms with Crippen LogP contribution in [0.15, 0.2) is 42.0 Å². The molecule has 1 saturated heterocycles. The largest absolute Gasteiger partial charge is 0.457 e. The molecule has 154 valence electrons. The first-order valence-electron chi connectivity index (χ1n) is 9.62. The van der Waals surface area contributed by atoms with E-state index >= 15 is 0 Å². The number of hydrogen-bond donors (Lipinski definition) is 1. The molecule has 30 heavy (non-hydrogen) atoms. The summed E-state index contributed by atoms with van der Waals surface area (Å²) in [7, 11) is 0. The van der Waals surface area contributed by atoms with Gasteiger partial charge in [-0.1, -0.05) is 6.07 Å². The van der Waals surface area contributed by atoms with Crippen molar-refractivity contribution in [2.45, 2.75) is 19.3 Å². The van der Waals surface area contributed by atoms with Crippen molar-refractivity contribution in [2.24, 2.45) is 0 Å². The van der Waals surface area contributed by atoms with E-state index in [2.05, 4.69) is 15.0 Å². The molecule has 0 bridgehead atoms. The number of amides is 1. The number of nitrogens with one attached hydrogen (secondary N) is 1. The fourth-order valence-corrected chi connectivity index (χ4v) is 3.99. The normalized spacial score (nSPS) is 13.4. The number of ketones is 1. The Balaban J connectivity index is 1.28. The van der Waals surface area contributed by atoms with Gasteiger partial charge in [-0.2, -0.15) is 0 Å². The molecule has 1 fully saturated rings. The number of Topliss-reactive ketones (excluding diaryl/α,β-unsaturated/α-hetero) is 1. The number of carbonyl (C=O) groups is 3. The van der Waals surface area contributed by atoms with Crippen LogP contribution in [0, 0.1) is 0 Å². The molecule has 0 spiro atoms. The van der Waals surface area contributed by atoms with Crippen LogP contribution in [0.3, 0.4) is 0 Å². The van der Waals surface area contributed by atoms with Crippen molar-refractivity contribution >= 4 is 29.0 Å². The number of esters is 1. The maximum absolute atomic E-state index is 12.3. The highest BCUT2D eigenvalue weighted by Crippen LogP contribution is 2.21. The van der Waals surface area contributed by atoms with Crippen molar-refractivity contribution in [2.75, 3.05) is 19.7 Å². The Bertz CT molecular complexity index is 1050. The molecule has 0 radical (unpaired) electrons. The quantitative estimate of drug-likeness (QED) is 0.462. The summed E-state index contributed by atoms with van der Waals surface area (Å²) < 4.78 is 5.10. The van der Waals surface area contributed by atoms with Crippen LogP contribution in [0.4, 0.5) is 0 Å². The molecule has 1 amide bonds. The minimum atomic E-state index is -0.537. The second kappa shape index (κ2) is 9.00. The summed E-state index contributed by atoms with van der Waals surface area (Å²) in [5.41, 5.74) is 2.00. The van der Waals surface area contributed by atoms with E-state index in [1.54, 1.807) is 16.5 Å². The number of ether oxygens (including phenoxy) is 1. The third kappa shape index (κ3) is 4.62. The summed E-state index contributed by atoms with van der Waals surface area (Å²) in [5.74, 6) is -1.02. The smallest absolute Gasteiger partial charge is 0.312 e. The lowest BCUT2D eigenvalue weighted by Gasteiger charge is -2.13. The Morgan fingerprint density at radius 1 is 1.20 bits per heavy atom. The second-order valence-electron chi connectivity index (χ2n) is 6.92. The zero-order chi connectivity index (χ0) is 20.9. The maximum atomic E-state index is 12.3. The fraction of sp³-hybridized carbons (Fsp3) is 0.286. The van der Waals surface area contributed by atoms with Gasteiger partial charge in [0.2, 0.25) is 5.78 Å². The molecule has 3 aromatic rings. The van der Waals surface area contributed by atoms with Crippen molar-refractivity contribution in [3.63, 3.8) is 0 Å². The van der Waals surface area contributed by atoms with Crippen molar-refractivity contribution < 1.29 is 19.1 Å². The minimum Gasteiger partial charge on any atom is -0.457 e. The molecular weight excluding hydrogens is 404 g/mol. The van der Waals surface area contributed by atoms with E-state index in [4.69, 9.17) is 4.74 Å². The highest BCUT2D eigenvalue weighted by Gasteiger charge is 2.22. The van der Waals surface area contributed by atoms with Crippen LogP contribution in [0.1, 0.15) is 39.4 Å². The van der Waals surface area contributed by atoms with Gasteiger partial charge in [-0.3, -0.25) is 19.4 Å². The lowest BCUT2D eigenvalue weighted by atomic mass is 10.2. The molecule has 9 heteroatoms. The van der Waals surface area contributed by atoms with Crippen molar-refractivity contribution in [3.8, 4) is 10.7 Å². The summed E-state index contributed by atoms with van der Waals surface area (Å²) in [6.07, 6.45) is 5.12. The van der Waals surface area contributed by atoms with Crippen LogP contribution >= 0.6 is 11.3 Å². The first kappa shape index (κ1) is 20.0. The van der Waals surface area contributed by atoms with Gasteiger partial charge in [0.25, 0.3) is 5.91 Å². The summed E-state index contributed by atoms with van der Waals surface area (Å²) in [4.78, 5) is 50.0. The second-order valence-corrected chi connectivity index (χ2v) is 7.78. The lowest BCUT2D eigenvalue weighted by molar-refractivity contribution is -0.141. The van der Waals surface area contributed by atoms with Crippen LogP contribution in [-0.2, 0) is 16.0 Å². The number of likely N-dealkylation sites (tertiary alicyclic amines) is 1. The van der Waals surface area contributed by atoms with Crippen molar-refractivity contribution in [1.82, 2.24) is 19.9 Å². The number of hydrogen-bond acceptors (Lipinski definition) is 7. The van der Waals surface area contributed by atoms with Gasteiger partial charge in [0.05, 0.1) is 17.8 Å². The van der Waals surface area contributed by atoms with Gasteiger partial charge in [-0.05, 0) is 31.0 Å². The van der Waals surface area contributed by atoms with E-state index in [1.807, 2.05) is 18.2 Å². The molecule has 0 saturated carbocycles. The van der Waals surface area contributed by atoms with Gasteiger partial charge >= 0.3 is 5.97 Å². The molecule has 0 aliphatic carbocycles. The Hall–Kier alpha value is -3.33. The zero-order valence-electron chi connectivity index (χ0n) is 16.2. The molecule has 1 aliphatic rings. The molecule has 4 rings (SSSR count). The molecule has 0 unspecified atom stereocenters. The first-order chi connectivity index (χ1) is 14.6. The van der Waals surface area contributed by atoms with E-state index < -0.39 is 5.97 Å². The van der Waals surface area contributed by atoms with E-state index in [0.29, 0.717) is 17.0 Å². The maximum Gasteiger partial charge on any atom is 0.312 e. The predicted octanol–water partition coefficient (Wildman–Crippen LogP) is 2.74. The van der Waals surface area contributed by atoms with Crippen LogP contribution in [-0.4, -0.2) is 57.2 Å². The first-order valence-corrected chi connectivity index (χ1v) is 10.5. The molecule has 4 heterocycles. The molecule has 0 atom stereocenters. The highest BCUT2D eigenvalue weighted by atomic mass is 32.1. The molecular formula is C21H20N4O4S. The van der Waals surface area contributed by atoms with Gasteiger partial charge in [-0.25, -0.2) is 4.98 Å². The Morgan fingerprint density at radius 2 is 2.03 bits per heavy atom. The number of pyridine rings is 1. The number of thiazole rings is 1. The highest BCUT2D eigenvalue weighted by molar-refractivity contribution is 7.13. The number of H-pyrrole nitrogens is 1. The monoisotopic (exact) mass is 424 g/mol. The number of aromatic nitrogens is 3. The van der Waals surface area contributed by atoms with E-state index in [9.17, 15) is 14.4 Å². The third-order valence-electron chi connectivity index (χ3n) is 4.75. The SMILES string of the molecule is O=C(Cc1csc(-c2ccccn2)n1)OCC(=O)c1c[nH]c(C(=O)N2CCCC2)c1. The van der Waals surface area contributed by atoms with Crippen molar-refractivity contribution in [3.05, 3.63) is 59.0 Å². The summed E-state index contributed by atoms with van der Waals surface area (Å²) in [6.45, 7) is 1.08. The van der Waals surface area contributed by atoms with Gasteiger partial charge in [0, 0.05) is 36.4 Å². The third-order valence-corrected chi connectivity index (χ3v) is 5.67. The Morgan fingerprint density at radius 3 is 2.80 bits per heavy atom. The van der Waals surface area contributed by atoms with Crippen LogP contribution < -0.4 is 0 Å². The van der Waals surface area contributed by atoms with Gasteiger partial charge in [0.1, 0.15) is 10.7 Å². The van der Waals surface area contributed by atoms with Crippen LogP contribution in [0.25, 0.3) is 10.7 Å². The molecule has 8 nitrogen and oxygen atoms in total. The van der Waals surface area contributed by atoms with Crippen LogP contribution in [0.2, 0.25) is 0 Å². The van der Waals surface area contributed by atoms with E-state index in [-0.39, 0.29) is 24.7 Å². The Kier molecular flexibility index (Phi) is 5.99. The molecule has 1 aliphatic heterocycles. The summed E-state index contributed by atoms with van der Waals surface area (Å²) in [6, 6.07) is 7.05. The van der Waals surface area contributed by atoms with Crippen LogP contribution in [0.5, 0.6) is 0 Å². The topological polar surface area (TPSA) is 105 Å². The number of nitrogens with zero attached hydrogens (tertiary/aromatic N) is 3. The number of carbonyl (C=O) groups excluding carboxylic acids is 3.